The minimum absolute atomic E-state index is 0. The second kappa shape index (κ2) is 10.7. The van der Waals surface area contributed by atoms with Crippen molar-refractivity contribution < 1.29 is 18.0 Å². The minimum atomic E-state index is -4.40. The first-order valence-electron chi connectivity index (χ1n) is 8.33. The van der Waals surface area contributed by atoms with E-state index >= 15 is 0 Å². The molecule has 1 unspecified atom stereocenters. The van der Waals surface area contributed by atoms with E-state index in [0.717, 1.165) is 0 Å². The molecule has 1 saturated heterocycles. The van der Waals surface area contributed by atoms with Gasteiger partial charge < -0.3 is 15.2 Å². The van der Waals surface area contributed by atoms with Crippen LogP contribution in [0.2, 0.25) is 0 Å². The Bertz CT molecular complexity index is 737. The van der Waals surface area contributed by atoms with Gasteiger partial charge >= 0.3 is 6.18 Å². The third kappa shape index (κ3) is 6.10. The molecule has 0 spiro atoms. The number of rotatable bonds is 5. The summed E-state index contributed by atoms with van der Waals surface area (Å²) in [6, 6.07) is 4.97. The van der Waals surface area contributed by atoms with Gasteiger partial charge in [0.2, 0.25) is 0 Å². The first-order chi connectivity index (χ1) is 12.4. The van der Waals surface area contributed by atoms with Crippen molar-refractivity contribution in [3.63, 3.8) is 0 Å². The lowest BCUT2D eigenvalue weighted by Crippen LogP contribution is -2.57. The molecule has 0 bridgehead atoms. The number of halogens is 5. The lowest BCUT2D eigenvalue weighted by Gasteiger charge is -2.35. The van der Waals surface area contributed by atoms with E-state index < -0.39 is 24.7 Å². The van der Waals surface area contributed by atoms with E-state index in [9.17, 15) is 18.0 Å². The number of hydrogen-bond acceptors (Lipinski definition) is 4. The van der Waals surface area contributed by atoms with Crippen LogP contribution >= 0.6 is 24.8 Å². The summed E-state index contributed by atoms with van der Waals surface area (Å²) in [4.78, 5) is 17.6. The van der Waals surface area contributed by atoms with E-state index in [0.29, 0.717) is 37.4 Å². The first-order valence-corrected chi connectivity index (χ1v) is 8.33. The molecule has 1 fully saturated rings. The number of amides is 1. The van der Waals surface area contributed by atoms with Crippen molar-refractivity contribution in [1.29, 1.82) is 0 Å². The zero-order valence-electron chi connectivity index (χ0n) is 14.9. The number of piperazine rings is 1. The van der Waals surface area contributed by atoms with Crippen molar-refractivity contribution in [2.75, 3.05) is 32.7 Å². The zero-order valence-corrected chi connectivity index (χ0v) is 16.5. The Hall–Kier alpha value is -1.81. The number of hydrogen-bond donors (Lipinski definition) is 2. The number of nitrogens with zero attached hydrogens (tertiary/aromatic N) is 3. The molecule has 1 aliphatic rings. The molecule has 0 aliphatic carbocycles. The largest absolute Gasteiger partial charge is 0.405 e. The standard InChI is InChI=1S/C17H20F3N5O.2ClH/c18-17(19,20)15(24-7-4-21-5-8-24)11-23-16(26)13-2-1-3-14(10-13)25-9-6-22-12-25;;/h1-3,6,9-10,12,15,21H,4-5,7-8,11H2,(H,23,26);2*1H. The van der Waals surface area contributed by atoms with E-state index in [1.165, 1.54) is 4.90 Å². The molecule has 1 atom stereocenters. The van der Waals surface area contributed by atoms with E-state index in [2.05, 4.69) is 15.6 Å². The Morgan fingerprint density at radius 2 is 1.96 bits per heavy atom. The number of carbonyl (C=O) groups excluding carboxylic acids is 1. The molecule has 2 heterocycles. The van der Waals surface area contributed by atoms with Gasteiger partial charge in [0.25, 0.3) is 5.91 Å². The van der Waals surface area contributed by atoms with Crippen LogP contribution in [0.1, 0.15) is 10.4 Å². The maximum absolute atomic E-state index is 13.4. The Morgan fingerprint density at radius 1 is 1.25 bits per heavy atom. The average Bonchev–Trinajstić information content (AvgIpc) is 3.16. The van der Waals surface area contributed by atoms with Crippen LogP contribution in [0.3, 0.4) is 0 Å². The summed E-state index contributed by atoms with van der Waals surface area (Å²) < 4.78 is 41.9. The van der Waals surface area contributed by atoms with Crippen LogP contribution in [0.25, 0.3) is 5.69 Å². The molecule has 1 aromatic carbocycles. The maximum Gasteiger partial charge on any atom is 0.405 e. The highest BCUT2D eigenvalue weighted by molar-refractivity contribution is 5.94. The molecular formula is C17H22Cl2F3N5O. The van der Waals surface area contributed by atoms with Gasteiger partial charge in [-0.15, -0.1) is 24.8 Å². The lowest BCUT2D eigenvalue weighted by molar-refractivity contribution is -0.183. The number of alkyl halides is 3. The average molecular weight is 440 g/mol. The van der Waals surface area contributed by atoms with Gasteiger partial charge in [-0.2, -0.15) is 13.2 Å². The summed E-state index contributed by atoms with van der Waals surface area (Å²) >= 11 is 0. The van der Waals surface area contributed by atoms with E-state index in [-0.39, 0.29) is 24.8 Å². The van der Waals surface area contributed by atoms with Crippen molar-refractivity contribution >= 4 is 30.7 Å². The molecule has 0 saturated carbocycles. The second-order valence-electron chi connectivity index (χ2n) is 6.07. The molecule has 2 N–H and O–H groups in total. The molecule has 28 heavy (non-hydrogen) atoms. The number of aromatic nitrogens is 2. The summed E-state index contributed by atoms with van der Waals surface area (Å²) in [6.07, 6.45) is 0.514. The monoisotopic (exact) mass is 439 g/mol. The third-order valence-corrected chi connectivity index (χ3v) is 4.34. The smallest absolute Gasteiger partial charge is 0.350 e. The molecule has 11 heteroatoms. The molecule has 3 rings (SSSR count). The second-order valence-corrected chi connectivity index (χ2v) is 6.07. The van der Waals surface area contributed by atoms with E-state index in [1.54, 1.807) is 47.6 Å². The highest BCUT2D eigenvalue weighted by atomic mass is 35.5. The van der Waals surface area contributed by atoms with Gasteiger partial charge in [0.1, 0.15) is 6.04 Å². The van der Waals surface area contributed by atoms with Gasteiger partial charge in [0.05, 0.1) is 6.33 Å². The highest BCUT2D eigenvalue weighted by Crippen LogP contribution is 2.25. The normalized spacial score (nSPS) is 15.8. The van der Waals surface area contributed by atoms with Crippen molar-refractivity contribution in [3.05, 3.63) is 48.5 Å². The molecule has 0 radical (unpaired) electrons. The summed E-state index contributed by atoms with van der Waals surface area (Å²) in [6.45, 7) is 1.14. The SMILES string of the molecule is Cl.Cl.O=C(NCC(N1CCNCC1)C(F)(F)F)c1cccc(-n2ccnc2)c1. The van der Waals surface area contributed by atoms with E-state index in [4.69, 9.17) is 0 Å². The van der Waals surface area contributed by atoms with E-state index in [1.807, 2.05) is 0 Å². The van der Waals surface area contributed by atoms with Gasteiger partial charge in [0, 0.05) is 56.4 Å². The molecule has 156 valence electrons. The summed E-state index contributed by atoms with van der Waals surface area (Å²) in [7, 11) is 0. The lowest BCUT2D eigenvalue weighted by atomic mass is 10.1. The number of carbonyl (C=O) groups is 1. The Morgan fingerprint density at radius 3 is 2.57 bits per heavy atom. The Balaban J connectivity index is 0.00000196. The number of benzene rings is 1. The van der Waals surface area contributed by atoms with Gasteiger partial charge in [-0.25, -0.2) is 4.98 Å². The summed E-state index contributed by atoms with van der Waals surface area (Å²) in [5, 5.41) is 5.46. The van der Waals surface area contributed by atoms with Crippen LogP contribution in [0, 0.1) is 0 Å². The number of imidazole rings is 1. The third-order valence-electron chi connectivity index (χ3n) is 4.34. The Labute approximate surface area is 173 Å². The number of nitrogens with one attached hydrogen (secondary N) is 2. The summed E-state index contributed by atoms with van der Waals surface area (Å²) in [5.74, 6) is -0.531. The summed E-state index contributed by atoms with van der Waals surface area (Å²) in [5.41, 5.74) is 1.02. The van der Waals surface area contributed by atoms with Gasteiger partial charge in [-0.3, -0.25) is 9.69 Å². The maximum atomic E-state index is 13.4. The fraction of sp³-hybridized carbons (Fsp3) is 0.412. The van der Waals surface area contributed by atoms with Crippen LogP contribution in [-0.2, 0) is 0 Å². The predicted molar refractivity (Wildman–Crippen MR) is 105 cm³/mol. The van der Waals surface area contributed by atoms with Gasteiger partial charge in [-0.05, 0) is 18.2 Å². The van der Waals surface area contributed by atoms with Crippen molar-refractivity contribution in [2.24, 2.45) is 0 Å². The Kier molecular flexibility index (Phi) is 9.22. The van der Waals surface area contributed by atoms with Crippen LogP contribution in [-0.4, -0.2) is 65.3 Å². The van der Waals surface area contributed by atoms with Crippen molar-refractivity contribution in [1.82, 2.24) is 25.1 Å². The molecule has 6 nitrogen and oxygen atoms in total. The van der Waals surface area contributed by atoms with Crippen LogP contribution in [0.15, 0.2) is 43.0 Å². The quantitative estimate of drug-likeness (QED) is 0.749. The van der Waals surface area contributed by atoms with Crippen molar-refractivity contribution in [2.45, 2.75) is 12.2 Å². The highest BCUT2D eigenvalue weighted by Gasteiger charge is 2.43. The predicted octanol–water partition coefficient (Wildman–Crippen LogP) is 2.28. The zero-order chi connectivity index (χ0) is 18.6. The van der Waals surface area contributed by atoms with Gasteiger partial charge in [-0.1, -0.05) is 6.07 Å². The minimum Gasteiger partial charge on any atom is -0.350 e. The van der Waals surface area contributed by atoms with Crippen LogP contribution in [0.5, 0.6) is 0 Å². The van der Waals surface area contributed by atoms with Crippen LogP contribution in [0.4, 0.5) is 13.2 Å². The first kappa shape index (κ1) is 24.2. The molecular weight excluding hydrogens is 418 g/mol. The molecule has 1 amide bonds. The van der Waals surface area contributed by atoms with Crippen molar-refractivity contribution in [3.8, 4) is 5.69 Å². The van der Waals surface area contributed by atoms with Gasteiger partial charge in [0.15, 0.2) is 0 Å². The fourth-order valence-electron chi connectivity index (χ4n) is 2.96. The fourth-order valence-corrected chi connectivity index (χ4v) is 2.96. The topological polar surface area (TPSA) is 62.2 Å². The molecule has 1 aliphatic heterocycles. The van der Waals surface area contributed by atoms with Crippen LogP contribution < -0.4 is 10.6 Å². The molecule has 1 aromatic heterocycles. The molecule has 2 aromatic rings.